The second-order valence-corrected chi connectivity index (χ2v) is 6.17. The van der Waals surface area contributed by atoms with Gasteiger partial charge in [-0.2, -0.15) is 0 Å². The Morgan fingerprint density at radius 3 is 2.72 bits per heavy atom. The normalized spacial score (nSPS) is 19.4. The average molecular weight is 343 g/mol. The van der Waals surface area contributed by atoms with Gasteiger partial charge in [0.2, 0.25) is 5.91 Å². The standard InChI is InChI=1S/C18H21N3O4/c1-3-8-19-14(22)9-21-13-10-25-17(23)15(13)16(20-18(21)24)12-6-4-11(2)5-7-12/h4-7,16H,3,8-10H2,1-2H3,(H,19,22)(H,20,24)/t16-/m0/s1. The summed E-state index contributed by atoms with van der Waals surface area (Å²) in [4.78, 5) is 38.0. The van der Waals surface area contributed by atoms with E-state index in [1.807, 2.05) is 38.1 Å². The van der Waals surface area contributed by atoms with Gasteiger partial charge in [0.05, 0.1) is 17.3 Å². The van der Waals surface area contributed by atoms with Crippen LogP contribution in [-0.4, -0.2) is 42.5 Å². The largest absolute Gasteiger partial charge is 0.456 e. The number of nitrogens with one attached hydrogen (secondary N) is 2. The molecule has 3 amide bonds. The molecule has 7 heteroatoms. The monoisotopic (exact) mass is 343 g/mol. The molecule has 2 aliphatic heterocycles. The van der Waals surface area contributed by atoms with Gasteiger partial charge in [-0.05, 0) is 18.9 Å². The maximum atomic E-state index is 12.5. The second-order valence-electron chi connectivity index (χ2n) is 6.17. The fourth-order valence-corrected chi connectivity index (χ4v) is 2.95. The van der Waals surface area contributed by atoms with Crippen molar-refractivity contribution in [1.82, 2.24) is 15.5 Å². The van der Waals surface area contributed by atoms with Crippen LogP contribution in [0, 0.1) is 6.92 Å². The van der Waals surface area contributed by atoms with Crippen molar-refractivity contribution in [2.24, 2.45) is 0 Å². The molecule has 1 aromatic rings. The Bertz CT molecular complexity index is 739. The van der Waals surface area contributed by atoms with Crippen LogP contribution in [0.2, 0.25) is 0 Å². The molecule has 2 aliphatic rings. The van der Waals surface area contributed by atoms with Crippen molar-refractivity contribution in [3.63, 3.8) is 0 Å². The number of aryl methyl sites for hydroxylation is 1. The van der Waals surface area contributed by atoms with E-state index in [-0.39, 0.29) is 19.1 Å². The molecule has 0 radical (unpaired) electrons. The van der Waals surface area contributed by atoms with Gasteiger partial charge in [0.15, 0.2) is 0 Å². The number of rotatable bonds is 5. The number of ether oxygens (including phenoxy) is 1. The SMILES string of the molecule is CCCNC(=O)CN1C(=O)N[C@@H](c2ccc(C)cc2)C2=C1COC2=O. The highest BCUT2D eigenvalue weighted by Gasteiger charge is 2.42. The van der Waals surface area contributed by atoms with Crippen LogP contribution in [0.4, 0.5) is 4.79 Å². The molecule has 0 unspecified atom stereocenters. The molecule has 0 saturated carbocycles. The number of cyclic esters (lactones) is 1. The van der Waals surface area contributed by atoms with Gasteiger partial charge >= 0.3 is 12.0 Å². The Hall–Kier alpha value is -2.83. The zero-order chi connectivity index (χ0) is 18.0. The topological polar surface area (TPSA) is 87.7 Å². The van der Waals surface area contributed by atoms with Crippen molar-refractivity contribution in [3.05, 3.63) is 46.7 Å². The van der Waals surface area contributed by atoms with Gasteiger partial charge in [-0.3, -0.25) is 9.69 Å². The molecule has 3 rings (SSSR count). The average Bonchev–Trinajstić information content (AvgIpc) is 2.98. The first-order valence-electron chi connectivity index (χ1n) is 8.32. The molecule has 0 fully saturated rings. The number of benzene rings is 1. The summed E-state index contributed by atoms with van der Waals surface area (Å²) in [5.41, 5.74) is 2.75. The zero-order valence-electron chi connectivity index (χ0n) is 14.3. The van der Waals surface area contributed by atoms with Crippen molar-refractivity contribution >= 4 is 17.9 Å². The predicted molar refractivity (Wildman–Crippen MR) is 90.4 cm³/mol. The summed E-state index contributed by atoms with van der Waals surface area (Å²) >= 11 is 0. The molecule has 7 nitrogen and oxygen atoms in total. The Morgan fingerprint density at radius 1 is 1.32 bits per heavy atom. The number of esters is 1. The van der Waals surface area contributed by atoms with Gasteiger partial charge < -0.3 is 15.4 Å². The summed E-state index contributed by atoms with van der Waals surface area (Å²) < 4.78 is 5.14. The number of hydrogen-bond acceptors (Lipinski definition) is 4. The van der Waals surface area contributed by atoms with E-state index in [0.29, 0.717) is 17.8 Å². The molecule has 1 aromatic carbocycles. The second kappa shape index (κ2) is 6.96. The summed E-state index contributed by atoms with van der Waals surface area (Å²) in [6, 6.07) is 6.63. The van der Waals surface area contributed by atoms with E-state index in [4.69, 9.17) is 4.74 Å². The summed E-state index contributed by atoms with van der Waals surface area (Å²) in [6.45, 7) is 4.33. The van der Waals surface area contributed by atoms with E-state index in [1.165, 1.54) is 4.90 Å². The van der Waals surface area contributed by atoms with Crippen molar-refractivity contribution in [2.75, 3.05) is 19.7 Å². The van der Waals surface area contributed by atoms with E-state index < -0.39 is 18.0 Å². The van der Waals surface area contributed by atoms with E-state index in [2.05, 4.69) is 10.6 Å². The molecule has 0 aliphatic carbocycles. The van der Waals surface area contributed by atoms with Crippen LogP contribution in [-0.2, 0) is 14.3 Å². The molecule has 0 aromatic heterocycles. The van der Waals surface area contributed by atoms with Crippen molar-refractivity contribution in [1.29, 1.82) is 0 Å². The third-order valence-corrected chi connectivity index (χ3v) is 4.28. The fourth-order valence-electron chi connectivity index (χ4n) is 2.95. The molecule has 0 bridgehead atoms. The van der Waals surface area contributed by atoms with E-state index in [0.717, 1.165) is 17.5 Å². The van der Waals surface area contributed by atoms with Gasteiger partial charge in [-0.15, -0.1) is 0 Å². The highest BCUT2D eigenvalue weighted by molar-refractivity contribution is 5.98. The maximum absolute atomic E-state index is 12.5. The van der Waals surface area contributed by atoms with E-state index in [9.17, 15) is 14.4 Å². The first-order valence-corrected chi connectivity index (χ1v) is 8.32. The number of amides is 3. The lowest BCUT2D eigenvalue weighted by atomic mass is 9.95. The van der Waals surface area contributed by atoms with Gasteiger partial charge in [0.1, 0.15) is 13.2 Å². The van der Waals surface area contributed by atoms with Crippen LogP contribution < -0.4 is 10.6 Å². The van der Waals surface area contributed by atoms with Gasteiger partial charge in [0, 0.05) is 6.54 Å². The summed E-state index contributed by atoms with van der Waals surface area (Å²) in [6.07, 6.45) is 0.809. The summed E-state index contributed by atoms with van der Waals surface area (Å²) in [7, 11) is 0. The van der Waals surface area contributed by atoms with Crippen LogP contribution in [0.3, 0.4) is 0 Å². The van der Waals surface area contributed by atoms with Gasteiger partial charge in [-0.1, -0.05) is 36.8 Å². The molecular weight excluding hydrogens is 322 g/mol. The molecule has 0 spiro atoms. The first kappa shape index (κ1) is 17.0. The summed E-state index contributed by atoms with van der Waals surface area (Å²) in [5, 5.41) is 5.55. The van der Waals surface area contributed by atoms with Crippen LogP contribution in [0.15, 0.2) is 35.5 Å². The van der Waals surface area contributed by atoms with Gasteiger partial charge in [-0.25, -0.2) is 9.59 Å². The Morgan fingerprint density at radius 2 is 2.04 bits per heavy atom. The van der Waals surface area contributed by atoms with Crippen LogP contribution in [0.5, 0.6) is 0 Å². The van der Waals surface area contributed by atoms with E-state index in [1.54, 1.807) is 0 Å². The lowest BCUT2D eigenvalue weighted by Crippen LogP contribution is -2.50. The molecule has 1 atom stereocenters. The fraction of sp³-hybridized carbons (Fsp3) is 0.389. The number of carbonyl (C=O) groups is 3. The van der Waals surface area contributed by atoms with Crippen molar-refractivity contribution < 1.29 is 19.1 Å². The molecular formula is C18H21N3O4. The smallest absolute Gasteiger partial charge is 0.338 e. The first-order chi connectivity index (χ1) is 12.0. The Kier molecular flexibility index (Phi) is 4.74. The minimum atomic E-state index is -0.562. The molecule has 132 valence electrons. The minimum Gasteiger partial charge on any atom is -0.456 e. The Labute approximate surface area is 146 Å². The van der Waals surface area contributed by atoms with Crippen LogP contribution in [0.1, 0.15) is 30.5 Å². The van der Waals surface area contributed by atoms with Crippen LogP contribution >= 0.6 is 0 Å². The molecule has 2 heterocycles. The molecule has 25 heavy (non-hydrogen) atoms. The molecule has 0 saturated heterocycles. The lowest BCUT2D eigenvalue weighted by molar-refractivity contribution is -0.136. The quantitative estimate of drug-likeness (QED) is 0.791. The van der Waals surface area contributed by atoms with Gasteiger partial charge in [0.25, 0.3) is 0 Å². The lowest BCUT2D eigenvalue weighted by Gasteiger charge is -2.32. The third kappa shape index (κ3) is 3.35. The van der Waals surface area contributed by atoms with E-state index >= 15 is 0 Å². The minimum absolute atomic E-state index is 0.00497. The van der Waals surface area contributed by atoms with Crippen molar-refractivity contribution in [2.45, 2.75) is 26.3 Å². The highest BCUT2D eigenvalue weighted by Crippen LogP contribution is 2.34. The highest BCUT2D eigenvalue weighted by atomic mass is 16.5. The maximum Gasteiger partial charge on any atom is 0.338 e. The number of urea groups is 1. The zero-order valence-corrected chi connectivity index (χ0v) is 14.3. The third-order valence-electron chi connectivity index (χ3n) is 4.28. The number of hydrogen-bond donors (Lipinski definition) is 2. The molecule has 2 N–H and O–H groups in total. The number of nitrogens with zero attached hydrogens (tertiary/aromatic N) is 1. The summed E-state index contributed by atoms with van der Waals surface area (Å²) in [5.74, 6) is -0.725. The van der Waals surface area contributed by atoms with Crippen molar-refractivity contribution in [3.8, 4) is 0 Å². The Balaban J connectivity index is 1.90. The predicted octanol–water partition coefficient (Wildman–Crippen LogP) is 1.40. The van der Waals surface area contributed by atoms with Crippen LogP contribution in [0.25, 0.3) is 0 Å². The number of carbonyl (C=O) groups excluding carboxylic acids is 3.